The third-order valence-electron chi connectivity index (χ3n) is 7.44. The van der Waals surface area contributed by atoms with E-state index < -0.39 is 0 Å². The van der Waals surface area contributed by atoms with Crippen LogP contribution in [0.25, 0.3) is 0 Å². The fourth-order valence-corrected chi connectivity index (χ4v) is 4.80. The van der Waals surface area contributed by atoms with Crippen molar-refractivity contribution in [3.05, 3.63) is 0 Å². The SMILES string of the molecule is CCCCCCCCCCCCCCCCCCOC(=O)CCCOCCOCCOCCOCCCCCCC. The molecule has 6 heteroatoms. The average Bonchev–Trinajstić information content (AvgIpc) is 2.98. The van der Waals surface area contributed by atoms with Crippen molar-refractivity contribution < 1.29 is 28.5 Å². The van der Waals surface area contributed by atoms with E-state index >= 15 is 0 Å². The van der Waals surface area contributed by atoms with E-state index in [9.17, 15) is 4.79 Å². The fourth-order valence-electron chi connectivity index (χ4n) is 4.80. The van der Waals surface area contributed by atoms with E-state index in [1.54, 1.807) is 0 Å². The van der Waals surface area contributed by atoms with Crippen LogP contribution in [0.5, 0.6) is 0 Å². The maximum absolute atomic E-state index is 11.9. The van der Waals surface area contributed by atoms with Gasteiger partial charge in [-0.05, 0) is 19.3 Å². The van der Waals surface area contributed by atoms with E-state index in [4.69, 9.17) is 23.7 Å². The van der Waals surface area contributed by atoms with Crippen LogP contribution < -0.4 is 0 Å². The molecule has 0 saturated carbocycles. The molecule has 0 radical (unpaired) electrons. The second-order valence-electron chi connectivity index (χ2n) is 11.5. The Bertz CT molecular complexity index is 487. The van der Waals surface area contributed by atoms with Crippen molar-refractivity contribution in [1.82, 2.24) is 0 Å². The minimum absolute atomic E-state index is 0.108. The van der Waals surface area contributed by atoms with Gasteiger partial charge < -0.3 is 23.7 Å². The van der Waals surface area contributed by atoms with E-state index in [0.29, 0.717) is 65.7 Å². The van der Waals surface area contributed by atoms with Crippen molar-refractivity contribution in [2.24, 2.45) is 0 Å². The molecular formula is C35H70O6. The van der Waals surface area contributed by atoms with Crippen molar-refractivity contribution in [3.63, 3.8) is 0 Å². The van der Waals surface area contributed by atoms with Crippen LogP contribution in [0.2, 0.25) is 0 Å². The molecule has 6 nitrogen and oxygen atoms in total. The molecule has 0 bridgehead atoms. The van der Waals surface area contributed by atoms with E-state index in [1.165, 1.54) is 116 Å². The number of carbonyl (C=O) groups is 1. The zero-order valence-corrected chi connectivity index (χ0v) is 27.6. The van der Waals surface area contributed by atoms with Crippen LogP contribution in [0.4, 0.5) is 0 Å². The summed E-state index contributed by atoms with van der Waals surface area (Å²) in [5.41, 5.74) is 0. The molecular weight excluding hydrogens is 516 g/mol. The van der Waals surface area contributed by atoms with Gasteiger partial charge in [-0.25, -0.2) is 0 Å². The second kappa shape index (κ2) is 37.3. The molecule has 0 atom stereocenters. The first-order valence-electron chi connectivity index (χ1n) is 17.8. The standard InChI is InChI=1S/C35H70O6/c1-3-5-7-9-10-11-12-13-14-15-16-17-18-19-21-23-28-41-35(36)25-24-27-38-30-32-40-34-33-39-31-29-37-26-22-20-8-6-4-2/h3-34H2,1-2H3. The molecule has 0 aliphatic heterocycles. The predicted molar refractivity (Wildman–Crippen MR) is 172 cm³/mol. The van der Waals surface area contributed by atoms with Gasteiger partial charge in [-0.1, -0.05) is 136 Å². The molecule has 41 heavy (non-hydrogen) atoms. The molecule has 0 unspecified atom stereocenters. The Morgan fingerprint density at radius 3 is 1.02 bits per heavy atom. The van der Waals surface area contributed by atoms with Crippen LogP contribution in [0.15, 0.2) is 0 Å². The van der Waals surface area contributed by atoms with Crippen LogP contribution in [0.1, 0.15) is 162 Å². The molecule has 0 aliphatic carbocycles. The molecule has 0 aromatic rings. The van der Waals surface area contributed by atoms with E-state index in [2.05, 4.69) is 13.8 Å². The first-order chi connectivity index (χ1) is 20.3. The van der Waals surface area contributed by atoms with E-state index in [0.717, 1.165) is 25.9 Å². The first-order valence-corrected chi connectivity index (χ1v) is 17.8. The number of hydrogen-bond acceptors (Lipinski definition) is 6. The van der Waals surface area contributed by atoms with Gasteiger partial charge in [0.15, 0.2) is 0 Å². The fraction of sp³-hybridized carbons (Fsp3) is 0.971. The van der Waals surface area contributed by atoms with Gasteiger partial charge >= 0.3 is 5.97 Å². The normalized spacial score (nSPS) is 11.4. The van der Waals surface area contributed by atoms with Gasteiger partial charge in [0.05, 0.1) is 46.2 Å². The molecule has 0 saturated heterocycles. The van der Waals surface area contributed by atoms with Crippen molar-refractivity contribution in [3.8, 4) is 0 Å². The lowest BCUT2D eigenvalue weighted by molar-refractivity contribution is -0.144. The molecule has 246 valence electrons. The Balaban J connectivity index is 3.14. The van der Waals surface area contributed by atoms with Gasteiger partial charge in [0.25, 0.3) is 0 Å². The molecule has 0 aliphatic rings. The van der Waals surface area contributed by atoms with Crippen molar-refractivity contribution in [1.29, 1.82) is 0 Å². The summed E-state index contributed by atoms with van der Waals surface area (Å²) in [4.78, 5) is 11.9. The Morgan fingerprint density at radius 1 is 0.341 bits per heavy atom. The highest BCUT2D eigenvalue weighted by atomic mass is 16.6. The van der Waals surface area contributed by atoms with Crippen LogP contribution >= 0.6 is 0 Å². The summed E-state index contributed by atoms with van der Waals surface area (Å²) >= 11 is 0. The van der Waals surface area contributed by atoms with Crippen molar-refractivity contribution in [2.45, 2.75) is 162 Å². The number of hydrogen-bond donors (Lipinski definition) is 0. The molecule has 0 rings (SSSR count). The van der Waals surface area contributed by atoms with Crippen LogP contribution in [-0.4, -0.2) is 65.4 Å². The molecule has 0 N–H and O–H groups in total. The Labute approximate surface area is 255 Å². The first kappa shape index (κ1) is 40.3. The lowest BCUT2D eigenvalue weighted by Gasteiger charge is -2.08. The second-order valence-corrected chi connectivity index (χ2v) is 11.5. The Hall–Kier alpha value is -0.690. The predicted octanol–water partition coefficient (Wildman–Crippen LogP) is 9.61. The third kappa shape index (κ3) is 37.3. The quantitative estimate of drug-likeness (QED) is 0.0538. The molecule has 0 heterocycles. The number of rotatable bonds is 36. The number of carbonyl (C=O) groups excluding carboxylic acids is 1. The maximum atomic E-state index is 11.9. The van der Waals surface area contributed by atoms with Gasteiger partial charge in [-0.15, -0.1) is 0 Å². The smallest absolute Gasteiger partial charge is 0.305 e. The largest absolute Gasteiger partial charge is 0.466 e. The van der Waals surface area contributed by atoms with Crippen LogP contribution in [0.3, 0.4) is 0 Å². The summed E-state index contributed by atoms with van der Waals surface area (Å²) in [7, 11) is 0. The molecule has 0 amide bonds. The third-order valence-corrected chi connectivity index (χ3v) is 7.44. The minimum atomic E-state index is -0.108. The number of esters is 1. The maximum Gasteiger partial charge on any atom is 0.305 e. The zero-order valence-electron chi connectivity index (χ0n) is 27.6. The lowest BCUT2D eigenvalue weighted by atomic mass is 10.0. The van der Waals surface area contributed by atoms with Crippen molar-refractivity contribution >= 4 is 5.97 Å². The Kier molecular flexibility index (Phi) is 36.7. The highest BCUT2D eigenvalue weighted by Gasteiger charge is 2.03. The summed E-state index contributed by atoms with van der Waals surface area (Å²) in [6.45, 7) is 9.94. The summed E-state index contributed by atoms with van der Waals surface area (Å²) in [5.74, 6) is -0.108. The van der Waals surface area contributed by atoms with Crippen LogP contribution in [-0.2, 0) is 28.5 Å². The molecule has 0 fully saturated rings. The van der Waals surface area contributed by atoms with Crippen LogP contribution in [0, 0.1) is 0 Å². The highest BCUT2D eigenvalue weighted by Crippen LogP contribution is 2.13. The van der Waals surface area contributed by atoms with Gasteiger partial charge in [-0.2, -0.15) is 0 Å². The van der Waals surface area contributed by atoms with Gasteiger partial charge in [-0.3, -0.25) is 4.79 Å². The van der Waals surface area contributed by atoms with E-state index in [1.807, 2.05) is 0 Å². The van der Waals surface area contributed by atoms with Gasteiger partial charge in [0.1, 0.15) is 0 Å². The molecule has 0 aromatic heterocycles. The lowest BCUT2D eigenvalue weighted by Crippen LogP contribution is -2.12. The number of unbranched alkanes of at least 4 members (excludes halogenated alkanes) is 19. The highest BCUT2D eigenvalue weighted by molar-refractivity contribution is 5.69. The van der Waals surface area contributed by atoms with E-state index in [-0.39, 0.29) is 5.97 Å². The summed E-state index contributed by atoms with van der Waals surface area (Å²) in [6.07, 6.45) is 29.0. The molecule has 0 aromatic carbocycles. The minimum Gasteiger partial charge on any atom is -0.466 e. The van der Waals surface area contributed by atoms with Gasteiger partial charge in [0.2, 0.25) is 0 Å². The zero-order chi connectivity index (χ0) is 29.7. The summed E-state index contributed by atoms with van der Waals surface area (Å²) < 4.78 is 27.5. The summed E-state index contributed by atoms with van der Waals surface area (Å²) in [6, 6.07) is 0. The van der Waals surface area contributed by atoms with Gasteiger partial charge in [0, 0.05) is 19.6 Å². The summed E-state index contributed by atoms with van der Waals surface area (Å²) in [5, 5.41) is 0. The molecule has 0 spiro atoms. The topological polar surface area (TPSA) is 63.2 Å². The monoisotopic (exact) mass is 587 g/mol. The number of ether oxygens (including phenoxy) is 5. The van der Waals surface area contributed by atoms with Crippen molar-refractivity contribution in [2.75, 3.05) is 59.5 Å². The average molecular weight is 587 g/mol. The Morgan fingerprint density at radius 2 is 0.634 bits per heavy atom.